The van der Waals surface area contributed by atoms with Crippen molar-refractivity contribution < 1.29 is 4.74 Å². The predicted molar refractivity (Wildman–Crippen MR) is 121 cm³/mol. The molecule has 2 heterocycles. The van der Waals surface area contributed by atoms with Gasteiger partial charge in [0.2, 0.25) is 0 Å². The molecule has 1 aliphatic heterocycles. The average molecular weight is 405 g/mol. The second kappa shape index (κ2) is 9.56. The fraction of sp³-hybridized carbons (Fsp3) is 0.400. The number of nitrogens with one attached hydrogen (secondary N) is 2. The third kappa shape index (κ3) is 5.36. The Morgan fingerprint density at radius 3 is 2.33 bits per heavy atom. The number of H-pyrrole nitrogens is 1. The SMILES string of the molecule is Cc1ccc(-c2[nH]ncc2CNCc2ccc(CN3CC(C)OC(C)C3)cc2)cc1. The number of aromatic amines is 1. The summed E-state index contributed by atoms with van der Waals surface area (Å²) in [6.45, 7) is 11.0. The summed E-state index contributed by atoms with van der Waals surface area (Å²) in [6, 6.07) is 17.5. The summed E-state index contributed by atoms with van der Waals surface area (Å²) < 4.78 is 5.83. The first-order valence-electron chi connectivity index (χ1n) is 10.8. The van der Waals surface area contributed by atoms with E-state index in [-0.39, 0.29) is 0 Å². The zero-order valence-electron chi connectivity index (χ0n) is 18.2. The fourth-order valence-electron chi connectivity index (χ4n) is 4.19. The topological polar surface area (TPSA) is 53.2 Å². The first-order valence-corrected chi connectivity index (χ1v) is 10.8. The molecule has 2 aromatic carbocycles. The highest BCUT2D eigenvalue weighted by molar-refractivity contribution is 5.62. The van der Waals surface area contributed by atoms with Gasteiger partial charge in [-0.3, -0.25) is 10.00 Å². The van der Waals surface area contributed by atoms with Gasteiger partial charge in [0.15, 0.2) is 0 Å². The van der Waals surface area contributed by atoms with Crippen molar-refractivity contribution in [3.8, 4) is 11.3 Å². The molecule has 2 atom stereocenters. The van der Waals surface area contributed by atoms with Crippen molar-refractivity contribution in [1.82, 2.24) is 20.4 Å². The molecule has 158 valence electrons. The number of morpholine rings is 1. The third-order valence-electron chi connectivity index (χ3n) is 5.63. The molecule has 0 bridgehead atoms. The second-order valence-corrected chi connectivity index (χ2v) is 8.51. The van der Waals surface area contributed by atoms with Crippen LogP contribution in [0.4, 0.5) is 0 Å². The van der Waals surface area contributed by atoms with Crippen molar-refractivity contribution in [3.05, 3.63) is 77.0 Å². The van der Waals surface area contributed by atoms with Crippen molar-refractivity contribution >= 4 is 0 Å². The van der Waals surface area contributed by atoms with Gasteiger partial charge in [-0.25, -0.2) is 0 Å². The lowest BCUT2D eigenvalue weighted by atomic mass is 10.1. The Balaban J connectivity index is 1.29. The maximum Gasteiger partial charge on any atom is 0.0695 e. The molecule has 0 radical (unpaired) electrons. The molecule has 0 spiro atoms. The van der Waals surface area contributed by atoms with Gasteiger partial charge in [-0.1, -0.05) is 54.1 Å². The normalized spacial score (nSPS) is 19.8. The van der Waals surface area contributed by atoms with E-state index in [0.717, 1.165) is 38.4 Å². The number of benzene rings is 2. The smallest absolute Gasteiger partial charge is 0.0695 e. The molecule has 1 fully saturated rings. The van der Waals surface area contributed by atoms with E-state index < -0.39 is 0 Å². The van der Waals surface area contributed by atoms with Gasteiger partial charge in [0.1, 0.15) is 0 Å². The average Bonchev–Trinajstić information content (AvgIpc) is 3.18. The standard InChI is InChI=1S/C25H32N4O/c1-18-4-10-23(11-5-18)25-24(14-27-28-25)13-26-12-21-6-8-22(9-7-21)17-29-15-19(2)30-20(3)16-29/h4-11,14,19-20,26H,12-13,15-17H2,1-3H3,(H,27,28). The Labute approximate surface area is 179 Å². The van der Waals surface area contributed by atoms with Crippen LogP contribution < -0.4 is 5.32 Å². The summed E-state index contributed by atoms with van der Waals surface area (Å²) in [5.41, 5.74) is 7.36. The highest BCUT2D eigenvalue weighted by atomic mass is 16.5. The molecule has 1 saturated heterocycles. The molecule has 0 amide bonds. The minimum atomic E-state index is 0.310. The second-order valence-electron chi connectivity index (χ2n) is 8.51. The Morgan fingerprint density at radius 2 is 1.63 bits per heavy atom. The Hall–Kier alpha value is -2.47. The molecule has 0 aliphatic carbocycles. The van der Waals surface area contributed by atoms with Crippen LogP contribution in [0.1, 0.15) is 36.1 Å². The lowest BCUT2D eigenvalue weighted by molar-refractivity contribution is -0.0704. The van der Waals surface area contributed by atoms with E-state index in [2.05, 4.69) is 89.7 Å². The number of hydrogen-bond acceptors (Lipinski definition) is 4. The van der Waals surface area contributed by atoms with Crippen molar-refractivity contribution in [3.63, 3.8) is 0 Å². The van der Waals surface area contributed by atoms with Crippen LogP contribution in [-0.2, 0) is 24.4 Å². The van der Waals surface area contributed by atoms with Crippen LogP contribution >= 0.6 is 0 Å². The van der Waals surface area contributed by atoms with E-state index in [9.17, 15) is 0 Å². The van der Waals surface area contributed by atoms with Gasteiger partial charge in [0.05, 0.1) is 24.1 Å². The maximum atomic E-state index is 5.83. The molecular weight excluding hydrogens is 372 g/mol. The summed E-state index contributed by atoms with van der Waals surface area (Å²) in [5.74, 6) is 0. The van der Waals surface area contributed by atoms with Crippen LogP contribution in [0, 0.1) is 6.92 Å². The van der Waals surface area contributed by atoms with Crippen molar-refractivity contribution in [2.75, 3.05) is 13.1 Å². The van der Waals surface area contributed by atoms with Crippen LogP contribution in [-0.4, -0.2) is 40.4 Å². The lowest BCUT2D eigenvalue weighted by Gasteiger charge is -2.35. The van der Waals surface area contributed by atoms with Gasteiger partial charge < -0.3 is 10.1 Å². The molecule has 2 N–H and O–H groups in total. The van der Waals surface area contributed by atoms with Gasteiger partial charge in [0.25, 0.3) is 0 Å². The quantitative estimate of drug-likeness (QED) is 0.617. The largest absolute Gasteiger partial charge is 0.373 e. The molecule has 1 aliphatic rings. The minimum absolute atomic E-state index is 0.310. The van der Waals surface area contributed by atoms with Crippen LogP contribution in [0.3, 0.4) is 0 Å². The summed E-state index contributed by atoms with van der Waals surface area (Å²) in [7, 11) is 0. The molecule has 1 aromatic heterocycles. The molecule has 0 saturated carbocycles. The van der Waals surface area contributed by atoms with Crippen molar-refractivity contribution in [1.29, 1.82) is 0 Å². The third-order valence-corrected chi connectivity index (χ3v) is 5.63. The zero-order chi connectivity index (χ0) is 20.9. The summed E-state index contributed by atoms with van der Waals surface area (Å²) >= 11 is 0. The molecule has 3 aromatic rings. The highest BCUT2D eigenvalue weighted by Gasteiger charge is 2.21. The summed E-state index contributed by atoms with van der Waals surface area (Å²) in [5, 5.41) is 10.9. The van der Waals surface area contributed by atoms with Crippen molar-refractivity contribution in [2.45, 2.75) is 52.6 Å². The van der Waals surface area contributed by atoms with Crippen LogP contribution in [0.25, 0.3) is 11.3 Å². The van der Waals surface area contributed by atoms with E-state index >= 15 is 0 Å². The number of aryl methyl sites for hydroxylation is 1. The first-order chi connectivity index (χ1) is 14.6. The summed E-state index contributed by atoms with van der Waals surface area (Å²) in [6.07, 6.45) is 2.53. The van der Waals surface area contributed by atoms with Gasteiger partial charge in [-0.15, -0.1) is 0 Å². The van der Waals surface area contributed by atoms with Gasteiger partial charge in [-0.05, 0) is 37.5 Å². The van der Waals surface area contributed by atoms with E-state index in [1.54, 1.807) is 0 Å². The molecule has 5 nitrogen and oxygen atoms in total. The van der Waals surface area contributed by atoms with E-state index in [4.69, 9.17) is 4.74 Å². The molecular formula is C25H32N4O. The Morgan fingerprint density at radius 1 is 0.967 bits per heavy atom. The Bertz CT molecular complexity index is 923. The lowest BCUT2D eigenvalue weighted by Crippen LogP contribution is -2.44. The van der Waals surface area contributed by atoms with E-state index in [1.165, 1.54) is 27.8 Å². The number of nitrogens with zero attached hydrogens (tertiary/aromatic N) is 2. The maximum absolute atomic E-state index is 5.83. The summed E-state index contributed by atoms with van der Waals surface area (Å²) in [4.78, 5) is 2.48. The first kappa shape index (κ1) is 20.8. The van der Waals surface area contributed by atoms with Gasteiger partial charge in [0, 0.05) is 38.3 Å². The zero-order valence-corrected chi connectivity index (χ0v) is 18.2. The van der Waals surface area contributed by atoms with E-state index in [0.29, 0.717) is 12.2 Å². The highest BCUT2D eigenvalue weighted by Crippen LogP contribution is 2.21. The van der Waals surface area contributed by atoms with Crippen LogP contribution in [0.2, 0.25) is 0 Å². The molecule has 2 unspecified atom stereocenters. The monoisotopic (exact) mass is 404 g/mol. The predicted octanol–water partition coefficient (Wildman–Crippen LogP) is 4.28. The van der Waals surface area contributed by atoms with Crippen LogP contribution in [0.5, 0.6) is 0 Å². The fourth-order valence-corrected chi connectivity index (χ4v) is 4.19. The Kier molecular flexibility index (Phi) is 6.62. The number of ether oxygens (including phenoxy) is 1. The van der Waals surface area contributed by atoms with E-state index in [1.807, 2.05) is 6.20 Å². The minimum Gasteiger partial charge on any atom is -0.373 e. The number of aromatic nitrogens is 2. The van der Waals surface area contributed by atoms with Gasteiger partial charge >= 0.3 is 0 Å². The van der Waals surface area contributed by atoms with Gasteiger partial charge in [-0.2, -0.15) is 5.10 Å². The molecule has 30 heavy (non-hydrogen) atoms. The number of rotatable bonds is 7. The molecule has 4 rings (SSSR count). The molecule has 5 heteroatoms. The van der Waals surface area contributed by atoms with Crippen LogP contribution in [0.15, 0.2) is 54.7 Å². The number of hydrogen-bond donors (Lipinski definition) is 2. The van der Waals surface area contributed by atoms with Crippen molar-refractivity contribution in [2.24, 2.45) is 0 Å².